The monoisotopic (exact) mass is 315 g/mol. The first-order valence-corrected chi connectivity index (χ1v) is 7.55. The molecule has 1 saturated carbocycles. The Kier molecular flexibility index (Phi) is 6.20. The fraction of sp³-hybridized carbons (Fsp3) is 0.800. The third-order valence-electron chi connectivity index (χ3n) is 3.76. The maximum atomic E-state index is 11.7. The second-order valence-corrected chi connectivity index (χ2v) is 6.76. The zero-order chi connectivity index (χ0) is 16.9. The summed E-state index contributed by atoms with van der Waals surface area (Å²) >= 11 is 0. The summed E-state index contributed by atoms with van der Waals surface area (Å²) in [6.45, 7) is 5.00. The number of hydrogen-bond donors (Lipinski definition) is 3. The summed E-state index contributed by atoms with van der Waals surface area (Å²) in [5.74, 6) is -3.06. The molecular weight excluding hydrogens is 290 g/mol. The van der Waals surface area contributed by atoms with Crippen molar-refractivity contribution in [3.63, 3.8) is 0 Å². The first kappa shape index (κ1) is 18.3. The number of carboxylic acid groups (broad SMARTS) is 2. The van der Waals surface area contributed by atoms with Gasteiger partial charge in [-0.2, -0.15) is 0 Å². The summed E-state index contributed by atoms with van der Waals surface area (Å²) in [7, 11) is 0. The summed E-state index contributed by atoms with van der Waals surface area (Å²) in [6.07, 6.45) is 2.52. The van der Waals surface area contributed by atoms with E-state index in [2.05, 4.69) is 5.32 Å². The zero-order valence-corrected chi connectivity index (χ0v) is 13.3. The van der Waals surface area contributed by atoms with Gasteiger partial charge in [0.25, 0.3) is 0 Å². The number of nitrogens with one attached hydrogen (secondary N) is 1. The highest BCUT2D eigenvalue weighted by Gasteiger charge is 2.35. The molecule has 7 heteroatoms. The zero-order valence-electron chi connectivity index (χ0n) is 13.3. The second kappa shape index (κ2) is 7.47. The Morgan fingerprint density at radius 2 is 1.68 bits per heavy atom. The van der Waals surface area contributed by atoms with Crippen LogP contribution in [0.3, 0.4) is 0 Å². The number of hydrogen-bond acceptors (Lipinski definition) is 4. The van der Waals surface area contributed by atoms with Crippen LogP contribution in [0.2, 0.25) is 0 Å². The molecule has 1 rings (SSSR count). The molecule has 0 aromatic rings. The fourth-order valence-electron chi connectivity index (χ4n) is 2.78. The van der Waals surface area contributed by atoms with Gasteiger partial charge in [0.05, 0.1) is 5.92 Å². The predicted molar refractivity (Wildman–Crippen MR) is 78.5 cm³/mol. The molecule has 22 heavy (non-hydrogen) atoms. The van der Waals surface area contributed by atoms with E-state index in [0.717, 1.165) is 25.7 Å². The van der Waals surface area contributed by atoms with Crippen molar-refractivity contribution >= 4 is 18.0 Å². The molecule has 1 unspecified atom stereocenters. The molecule has 0 spiro atoms. The van der Waals surface area contributed by atoms with Crippen LogP contribution in [0.4, 0.5) is 4.79 Å². The summed E-state index contributed by atoms with van der Waals surface area (Å²) in [6, 6.07) is -1.27. The second-order valence-electron chi connectivity index (χ2n) is 6.76. The highest BCUT2D eigenvalue weighted by atomic mass is 16.6. The highest BCUT2D eigenvalue weighted by molar-refractivity contribution is 5.81. The molecule has 0 saturated heterocycles. The van der Waals surface area contributed by atoms with E-state index >= 15 is 0 Å². The van der Waals surface area contributed by atoms with Gasteiger partial charge < -0.3 is 20.3 Å². The molecule has 0 aromatic heterocycles. The Balaban J connectivity index is 2.71. The van der Waals surface area contributed by atoms with Crippen molar-refractivity contribution in [1.29, 1.82) is 0 Å². The van der Waals surface area contributed by atoms with Crippen molar-refractivity contribution in [2.75, 3.05) is 0 Å². The largest absolute Gasteiger partial charge is 0.481 e. The molecule has 1 fully saturated rings. The van der Waals surface area contributed by atoms with E-state index in [1.807, 2.05) is 0 Å². The highest BCUT2D eigenvalue weighted by Crippen LogP contribution is 2.34. The lowest BCUT2D eigenvalue weighted by molar-refractivity contribution is -0.146. The SMILES string of the molecule is CC(C)(C)OC(=O)N[C@@H](CC(C(=O)O)C1CCCC1)C(=O)O. The minimum atomic E-state index is -1.27. The van der Waals surface area contributed by atoms with Crippen LogP contribution in [-0.2, 0) is 14.3 Å². The van der Waals surface area contributed by atoms with Gasteiger partial charge in [-0.1, -0.05) is 12.8 Å². The lowest BCUT2D eigenvalue weighted by Crippen LogP contribution is -2.45. The van der Waals surface area contributed by atoms with Gasteiger partial charge >= 0.3 is 18.0 Å². The topological polar surface area (TPSA) is 113 Å². The van der Waals surface area contributed by atoms with Crippen LogP contribution < -0.4 is 5.32 Å². The number of carbonyl (C=O) groups excluding carboxylic acids is 1. The van der Waals surface area contributed by atoms with Crippen LogP contribution in [0.15, 0.2) is 0 Å². The van der Waals surface area contributed by atoms with Crippen LogP contribution in [-0.4, -0.2) is 39.9 Å². The number of rotatable bonds is 6. The minimum Gasteiger partial charge on any atom is -0.481 e. The number of ether oxygens (including phenoxy) is 1. The summed E-state index contributed by atoms with van der Waals surface area (Å²) in [5.41, 5.74) is -0.745. The quantitative estimate of drug-likeness (QED) is 0.693. The summed E-state index contributed by atoms with van der Waals surface area (Å²) < 4.78 is 5.03. The van der Waals surface area contributed by atoms with Crippen molar-refractivity contribution in [1.82, 2.24) is 5.32 Å². The minimum absolute atomic E-state index is 0.0280. The predicted octanol–water partition coefficient (Wildman–Crippen LogP) is 2.25. The number of carbonyl (C=O) groups is 3. The Morgan fingerprint density at radius 3 is 2.09 bits per heavy atom. The maximum Gasteiger partial charge on any atom is 0.408 e. The Hall–Kier alpha value is -1.79. The first-order chi connectivity index (χ1) is 10.1. The third kappa shape index (κ3) is 5.91. The molecule has 126 valence electrons. The molecule has 0 aromatic carbocycles. The van der Waals surface area contributed by atoms with E-state index in [1.165, 1.54) is 0 Å². The fourth-order valence-corrected chi connectivity index (χ4v) is 2.78. The van der Waals surface area contributed by atoms with Gasteiger partial charge in [-0.05, 0) is 46.0 Å². The van der Waals surface area contributed by atoms with Gasteiger partial charge in [-0.3, -0.25) is 4.79 Å². The first-order valence-electron chi connectivity index (χ1n) is 7.55. The Bertz CT molecular complexity index is 422. The third-order valence-corrected chi connectivity index (χ3v) is 3.76. The Labute approximate surface area is 130 Å². The number of aliphatic carboxylic acids is 2. The number of carboxylic acids is 2. The van der Waals surface area contributed by atoms with Crippen LogP contribution in [0.5, 0.6) is 0 Å². The molecule has 3 N–H and O–H groups in total. The van der Waals surface area contributed by atoms with Gasteiger partial charge in [-0.25, -0.2) is 9.59 Å². The van der Waals surface area contributed by atoms with Gasteiger partial charge in [0.2, 0.25) is 0 Å². The van der Waals surface area contributed by atoms with Crippen molar-refractivity contribution in [3.8, 4) is 0 Å². The van der Waals surface area contributed by atoms with Gasteiger partial charge in [-0.15, -0.1) is 0 Å². The van der Waals surface area contributed by atoms with E-state index in [1.54, 1.807) is 20.8 Å². The van der Waals surface area contributed by atoms with Gasteiger partial charge in [0, 0.05) is 0 Å². The van der Waals surface area contributed by atoms with Crippen LogP contribution >= 0.6 is 0 Å². The van der Waals surface area contributed by atoms with Crippen molar-refractivity contribution in [2.24, 2.45) is 11.8 Å². The van der Waals surface area contributed by atoms with Gasteiger partial charge in [0.1, 0.15) is 11.6 Å². The molecule has 0 aliphatic heterocycles. The molecule has 0 heterocycles. The van der Waals surface area contributed by atoms with Crippen LogP contribution in [0, 0.1) is 11.8 Å². The average Bonchev–Trinajstić information content (AvgIpc) is 2.84. The smallest absolute Gasteiger partial charge is 0.408 e. The Morgan fingerprint density at radius 1 is 1.14 bits per heavy atom. The number of alkyl carbamates (subject to hydrolysis) is 1. The molecule has 1 amide bonds. The maximum absolute atomic E-state index is 11.7. The van der Waals surface area contributed by atoms with E-state index in [9.17, 15) is 24.6 Å². The van der Waals surface area contributed by atoms with Crippen LogP contribution in [0.25, 0.3) is 0 Å². The molecular formula is C15H25NO6. The van der Waals surface area contributed by atoms with Crippen LogP contribution in [0.1, 0.15) is 52.9 Å². The van der Waals surface area contributed by atoms with Gasteiger partial charge in [0.15, 0.2) is 0 Å². The molecule has 0 radical (unpaired) electrons. The summed E-state index contributed by atoms with van der Waals surface area (Å²) in [5, 5.41) is 20.8. The van der Waals surface area contributed by atoms with Crippen molar-refractivity contribution < 1.29 is 29.3 Å². The molecule has 1 aliphatic carbocycles. The standard InChI is InChI=1S/C15H25NO6/c1-15(2,3)22-14(21)16-11(13(19)20)8-10(12(17)18)9-6-4-5-7-9/h9-11H,4-8H2,1-3H3,(H,16,21)(H,17,18)(H,19,20)/t10?,11-/m0/s1. The number of amides is 1. The molecule has 0 bridgehead atoms. The molecule has 1 aliphatic rings. The van der Waals surface area contributed by atoms with Crippen molar-refractivity contribution in [3.05, 3.63) is 0 Å². The summed E-state index contributed by atoms with van der Waals surface area (Å²) in [4.78, 5) is 34.4. The van der Waals surface area contributed by atoms with E-state index < -0.39 is 35.6 Å². The molecule has 2 atom stereocenters. The average molecular weight is 315 g/mol. The molecule has 7 nitrogen and oxygen atoms in total. The lowest BCUT2D eigenvalue weighted by Gasteiger charge is -2.25. The van der Waals surface area contributed by atoms with E-state index in [-0.39, 0.29) is 12.3 Å². The van der Waals surface area contributed by atoms with Crippen molar-refractivity contribution in [2.45, 2.75) is 64.5 Å². The van der Waals surface area contributed by atoms with E-state index in [0.29, 0.717) is 0 Å². The lowest BCUT2D eigenvalue weighted by atomic mass is 9.85. The van der Waals surface area contributed by atoms with E-state index in [4.69, 9.17) is 4.74 Å². The normalized spacial score (nSPS) is 18.5.